The standard InChI is InChI=1S/C12H19N3O/c1-3-10(7-13)12(16)15-8-11-9(2)5-4-6-14-11/h4-6,10H,3,7-8,13H2,1-2H3,(H,15,16). The van der Waals surface area contributed by atoms with Crippen molar-refractivity contribution in [2.24, 2.45) is 11.7 Å². The molecule has 1 rings (SSSR count). The van der Waals surface area contributed by atoms with E-state index in [9.17, 15) is 4.79 Å². The van der Waals surface area contributed by atoms with Crippen LogP contribution in [0.15, 0.2) is 18.3 Å². The van der Waals surface area contributed by atoms with E-state index in [-0.39, 0.29) is 11.8 Å². The van der Waals surface area contributed by atoms with Crippen molar-refractivity contribution in [3.8, 4) is 0 Å². The van der Waals surface area contributed by atoms with Crippen LogP contribution >= 0.6 is 0 Å². The maximum atomic E-state index is 11.7. The van der Waals surface area contributed by atoms with Crippen LogP contribution in [0.25, 0.3) is 0 Å². The number of rotatable bonds is 5. The van der Waals surface area contributed by atoms with Crippen LogP contribution in [0.1, 0.15) is 24.6 Å². The van der Waals surface area contributed by atoms with Crippen molar-refractivity contribution in [2.45, 2.75) is 26.8 Å². The molecule has 0 radical (unpaired) electrons. The zero-order valence-electron chi connectivity index (χ0n) is 9.86. The fourth-order valence-electron chi connectivity index (χ4n) is 1.48. The average molecular weight is 221 g/mol. The molecule has 1 unspecified atom stereocenters. The number of carbonyl (C=O) groups is 1. The Morgan fingerprint density at radius 3 is 2.94 bits per heavy atom. The van der Waals surface area contributed by atoms with Gasteiger partial charge < -0.3 is 11.1 Å². The van der Waals surface area contributed by atoms with Gasteiger partial charge in [0.25, 0.3) is 0 Å². The minimum atomic E-state index is -0.0935. The molecule has 4 nitrogen and oxygen atoms in total. The summed E-state index contributed by atoms with van der Waals surface area (Å²) in [5, 5.41) is 2.86. The van der Waals surface area contributed by atoms with Crippen molar-refractivity contribution in [2.75, 3.05) is 6.54 Å². The molecule has 0 aliphatic heterocycles. The number of pyridine rings is 1. The van der Waals surface area contributed by atoms with Crippen LogP contribution in [0.4, 0.5) is 0 Å². The van der Waals surface area contributed by atoms with Crippen LogP contribution in [0.5, 0.6) is 0 Å². The highest BCUT2D eigenvalue weighted by Crippen LogP contribution is 2.04. The van der Waals surface area contributed by atoms with Gasteiger partial charge in [0.1, 0.15) is 0 Å². The van der Waals surface area contributed by atoms with Crippen molar-refractivity contribution >= 4 is 5.91 Å². The Labute approximate surface area is 96.3 Å². The van der Waals surface area contributed by atoms with Crippen LogP contribution in [0.3, 0.4) is 0 Å². The summed E-state index contributed by atoms with van der Waals surface area (Å²) in [4.78, 5) is 15.9. The monoisotopic (exact) mass is 221 g/mol. The lowest BCUT2D eigenvalue weighted by Gasteiger charge is -2.12. The first-order chi connectivity index (χ1) is 7.69. The number of nitrogens with one attached hydrogen (secondary N) is 1. The van der Waals surface area contributed by atoms with Gasteiger partial charge in [0.15, 0.2) is 0 Å². The molecule has 0 saturated carbocycles. The Hall–Kier alpha value is -1.42. The molecular weight excluding hydrogens is 202 g/mol. The predicted molar refractivity (Wildman–Crippen MR) is 63.7 cm³/mol. The highest BCUT2D eigenvalue weighted by atomic mass is 16.1. The minimum absolute atomic E-state index is 0.00931. The molecule has 1 aromatic rings. The van der Waals surface area contributed by atoms with E-state index in [1.165, 1.54) is 0 Å². The van der Waals surface area contributed by atoms with Crippen molar-refractivity contribution in [1.29, 1.82) is 0 Å². The molecule has 16 heavy (non-hydrogen) atoms. The molecule has 1 atom stereocenters. The molecule has 0 aliphatic carbocycles. The summed E-state index contributed by atoms with van der Waals surface area (Å²) in [6, 6.07) is 3.87. The number of nitrogens with zero attached hydrogens (tertiary/aromatic N) is 1. The highest BCUT2D eigenvalue weighted by Gasteiger charge is 2.14. The third kappa shape index (κ3) is 3.31. The molecule has 0 fully saturated rings. The largest absolute Gasteiger partial charge is 0.350 e. The predicted octanol–water partition coefficient (Wildman–Crippen LogP) is 0.991. The summed E-state index contributed by atoms with van der Waals surface area (Å²) < 4.78 is 0. The number of carbonyl (C=O) groups excluding carboxylic acids is 1. The number of nitrogens with two attached hydrogens (primary N) is 1. The smallest absolute Gasteiger partial charge is 0.224 e. The van der Waals surface area contributed by atoms with E-state index in [1.807, 2.05) is 26.0 Å². The van der Waals surface area contributed by atoms with E-state index in [4.69, 9.17) is 5.73 Å². The quantitative estimate of drug-likeness (QED) is 0.779. The van der Waals surface area contributed by atoms with Gasteiger partial charge in [0.05, 0.1) is 12.2 Å². The Morgan fingerprint density at radius 2 is 2.38 bits per heavy atom. The Bertz CT molecular complexity index is 348. The zero-order valence-corrected chi connectivity index (χ0v) is 9.86. The highest BCUT2D eigenvalue weighted by molar-refractivity contribution is 5.78. The van der Waals surface area contributed by atoms with Crippen LogP contribution in [-0.4, -0.2) is 17.4 Å². The fourth-order valence-corrected chi connectivity index (χ4v) is 1.48. The molecular formula is C12H19N3O. The van der Waals surface area contributed by atoms with Gasteiger partial charge in [-0.3, -0.25) is 9.78 Å². The summed E-state index contributed by atoms with van der Waals surface area (Å²) in [6.07, 6.45) is 2.50. The van der Waals surface area contributed by atoms with Gasteiger partial charge in [-0.05, 0) is 25.0 Å². The molecule has 1 aromatic heterocycles. The van der Waals surface area contributed by atoms with E-state index in [2.05, 4.69) is 10.3 Å². The topological polar surface area (TPSA) is 68.0 Å². The van der Waals surface area contributed by atoms with Gasteiger partial charge in [-0.2, -0.15) is 0 Å². The first-order valence-electron chi connectivity index (χ1n) is 5.57. The molecule has 0 aromatic carbocycles. The maximum Gasteiger partial charge on any atom is 0.224 e. The third-order valence-corrected chi connectivity index (χ3v) is 2.70. The number of aryl methyl sites for hydroxylation is 1. The first kappa shape index (κ1) is 12.6. The van der Waals surface area contributed by atoms with Crippen molar-refractivity contribution in [3.63, 3.8) is 0 Å². The SMILES string of the molecule is CCC(CN)C(=O)NCc1ncccc1C. The Balaban J connectivity index is 2.52. The van der Waals surface area contributed by atoms with Crippen LogP contribution in [0.2, 0.25) is 0 Å². The number of hydrogen-bond donors (Lipinski definition) is 2. The number of amides is 1. The molecule has 1 amide bonds. The van der Waals surface area contributed by atoms with Crippen molar-refractivity contribution in [3.05, 3.63) is 29.6 Å². The van der Waals surface area contributed by atoms with E-state index in [1.54, 1.807) is 6.20 Å². The fraction of sp³-hybridized carbons (Fsp3) is 0.500. The summed E-state index contributed by atoms with van der Waals surface area (Å²) in [5.74, 6) is -0.0842. The second kappa shape index (κ2) is 6.23. The molecule has 0 spiro atoms. The van der Waals surface area contributed by atoms with Gasteiger partial charge in [0, 0.05) is 18.7 Å². The molecule has 0 saturated heterocycles. The summed E-state index contributed by atoms with van der Waals surface area (Å²) >= 11 is 0. The van der Waals surface area contributed by atoms with Crippen molar-refractivity contribution in [1.82, 2.24) is 10.3 Å². The van der Waals surface area contributed by atoms with Gasteiger partial charge in [-0.25, -0.2) is 0 Å². The van der Waals surface area contributed by atoms with E-state index in [0.29, 0.717) is 13.1 Å². The Morgan fingerprint density at radius 1 is 1.62 bits per heavy atom. The lowest BCUT2D eigenvalue weighted by atomic mass is 10.1. The Kier molecular flexibility index (Phi) is 4.92. The van der Waals surface area contributed by atoms with Crippen LogP contribution in [0, 0.1) is 12.8 Å². The van der Waals surface area contributed by atoms with Gasteiger partial charge in [-0.1, -0.05) is 13.0 Å². The van der Waals surface area contributed by atoms with E-state index < -0.39 is 0 Å². The lowest BCUT2D eigenvalue weighted by molar-refractivity contribution is -0.124. The first-order valence-corrected chi connectivity index (χ1v) is 5.57. The van der Waals surface area contributed by atoms with E-state index in [0.717, 1.165) is 17.7 Å². The summed E-state index contributed by atoms with van der Waals surface area (Å²) in [7, 11) is 0. The van der Waals surface area contributed by atoms with E-state index >= 15 is 0 Å². The van der Waals surface area contributed by atoms with Gasteiger partial charge >= 0.3 is 0 Å². The third-order valence-electron chi connectivity index (χ3n) is 2.70. The van der Waals surface area contributed by atoms with Crippen LogP contribution in [-0.2, 0) is 11.3 Å². The molecule has 88 valence electrons. The lowest BCUT2D eigenvalue weighted by Crippen LogP contribution is -2.34. The average Bonchev–Trinajstić information content (AvgIpc) is 2.29. The second-order valence-corrected chi connectivity index (χ2v) is 3.83. The molecule has 0 aliphatic rings. The zero-order chi connectivity index (χ0) is 12.0. The van der Waals surface area contributed by atoms with Gasteiger partial charge in [0.2, 0.25) is 5.91 Å². The summed E-state index contributed by atoms with van der Waals surface area (Å²) in [6.45, 7) is 4.81. The molecule has 0 bridgehead atoms. The van der Waals surface area contributed by atoms with Crippen molar-refractivity contribution < 1.29 is 4.79 Å². The summed E-state index contributed by atoms with van der Waals surface area (Å²) in [5.41, 5.74) is 7.50. The maximum absolute atomic E-state index is 11.7. The van der Waals surface area contributed by atoms with Crippen LogP contribution < -0.4 is 11.1 Å². The van der Waals surface area contributed by atoms with Gasteiger partial charge in [-0.15, -0.1) is 0 Å². The molecule has 4 heteroatoms. The molecule has 3 N–H and O–H groups in total. The normalized spacial score (nSPS) is 12.2. The minimum Gasteiger partial charge on any atom is -0.350 e. The number of hydrogen-bond acceptors (Lipinski definition) is 3. The second-order valence-electron chi connectivity index (χ2n) is 3.83. The molecule has 1 heterocycles. The number of aromatic nitrogens is 1.